The molecule has 0 aliphatic carbocycles. The van der Waals surface area contributed by atoms with Crippen molar-refractivity contribution in [3.8, 4) is 0 Å². The maximum atomic E-state index is 11.7. The first-order valence-electron chi connectivity index (χ1n) is 5.58. The molecule has 0 heterocycles. The third-order valence-electron chi connectivity index (χ3n) is 2.17. The van der Waals surface area contributed by atoms with E-state index in [0.29, 0.717) is 6.42 Å². The highest BCUT2D eigenvalue weighted by Gasteiger charge is 2.14. The molecule has 0 aliphatic rings. The van der Waals surface area contributed by atoms with Gasteiger partial charge >= 0.3 is 0 Å². The summed E-state index contributed by atoms with van der Waals surface area (Å²) in [5.41, 5.74) is 1.03. The zero-order chi connectivity index (χ0) is 12.0. The van der Waals surface area contributed by atoms with Gasteiger partial charge in [0, 0.05) is 0 Å². The number of rotatable bonds is 6. The monoisotopic (exact) mass is 242 g/mol. The molecule has 0 fully saturated rings. The average molecular weight is 242 g/mol. The molecule has 0 spiro atoms. The van der Waals surface area contributed by atoms with E-state index >= 15 is 0 Å². The first kappa shape index (κ1) is 13.2. The first-order chi connectivity index (χ1) is 7.60. The summed E-state index contributed by atoms with van der Waals surface area (Å²) in [4.78, 5) is 0.256. The van der Waals surface area contributed by atoms with Crippen molar-refractivity contribution in [2.24, 2.45) is 0 Å². The first-order valence-corrected chi connectivity index (χ1v) is 6.99. The van der Waals surface area contributed by atoms with Gasteiger partial charge in [0.1, 0.15) is 0 Å². The van der Waals surface area contributed by atoms with E-state index in [2.05, 4.69) is 6.92 Å². The highest BCUT2D eigenvalue weighted by molar-refractivity contribution is 7.86. The fourth-order valence-corrected chi connectivity index (χ4v) is 2.47. The lowest BCUT2D eigenvalue weighted by atomic mass is 10.1. The van der Waals surface area contributed by atoms with Gasteiger partial charge in [0.05, 0.1) is 11.5 Å². The molecule has 0 bridgehead atoms. The van der Waals surface area contributed by atoms with Gasteiger partial charge in [0.15, 0.2) is 0 Å². The van der Waals surface area contributed by atoms with Crippen LogP contribution in [0.25, 0.3) is 0 Å². The second kappa shape index (κ2) is 6.01. The molecular weight excluding hydrogens is 224 g/mol. The minimum Gasteiger partial charge on any atom is -0.266 e. The SMILES string of the molecule is CCCOS(=O)(=O)c1cccc(CCC)c1. The Bertz CT molecular complexity index is 424. The van der Waals surface area contributed by atoms with Crippen molar-refractivity contribution in [1.29, 1.82) is 0 Å². The third-order valence-corrected chi connectivity index (χ3v) is 3.48. The summed E-state index contributed by atoms with van der Waals surface area (Å²) in [6.07, 6.45) is 2.57. The molecule has 0 atom stereocenters. The topological polar surface area (TPSA) is 43.4 Å². The van der Waals surface area contributed by atoms with Crippen molar-refractivity contribution in [2.75, 3.05) is 6.61 Å². The van der Waals surface area contributed by atoms with E-state index < -0.39 is 10.1 Å². The quantitative estimate of drug-likeness (QED) is 0.720. The van der Waals surface area contributed by atoms with Gasteiger partial charge in [-0.25, -0.2) is 0 Å². The second-order valence-corrected chi connectivity index (χ2v) is 5.29. The second-order valence-electron chi connectivity index (χ2n) is 3.67. The molecule has 0 unspecified atom stereocenters. The molecule has 16 heavy (non-hydrogen) atoms. The summed E-state index contributed by atoms with van der Waals surface area (Å²) >= 11 is 0. The number of hydrogen-bond donors (Lipinski definition) is 0. The summed E-state index contributed by atoms with van der Waals surface area (Å²) in [7, 11) is -3.56. The van der Waals surface area contributed by atoms with Crippen LogP contribution in [-0.4, -0.2) is 15.0 Å². The molecule has 3 nitrogen and oxygen atoms in total. The predicted molar refractivity (Wildman–Crippen MR) is 63.9 cm³/mol. The standard InChI is InChI=1S/C12H18O3S/c1-3-6-11-7-5-8-12(10-11)16(13,14)15-9-4-2/h5,7-8,10H,3-4,6,9H2,1-2H3. The molecular formula is C12H18O3S. The third kappa shape index (κ3) is 3.61. The smallest absolute Gasteiger partial charge is 0.266 e. The summed E-state index contributed by atoms with van der Waals surface area (Å²) in [6, 6.07) is 6.95. The Morgan fingerprint density at radius 3 is 2.56 bits per heavy atom. The van der Waals surface area contributed by atoms with Gasteiger partial charge in [0.25, 0.3) is 10.1 Å². The molecule has 0 aromatic heterocycles. The number of hydrogen-bond acceptors (Lipinski definition) is 3. The van der Waals surface area contributed by atoms with Crippen molar-refractivity contribution in [3.63, 3.8) is 0 Å². The van der Waals surface area contributed by atoms with Crippen molar-refractivity contribution >= 4 is 10.1 Å². The lowest BCUT2D eigenvalue weighted by molar-refractivity contribution is 0.318. The van der Waals surface area contributed by atoms with Gasteiger partial charge in [-0.15, -0.1) is 0 Å². The van der Waals surface area contributed by atoms with Crippen LogP contribution in [0, 0.1) is 0 Å². The van der Waals surface area contributed by atoms with E-state index in [1.54, 1.807) is 18.2 Å². The van der Waals surface area contributed by atoms with Crippen molar-refractivity contribution < 1.29 is 12.6 Å². The molecule has 1 aromatic carbocycles. The molecule has 0 radical (unpaired) electrons. The normalized spacial score (nSPS) is 11.6. The Balaban J connectivity index is 2.90. The molecule has 0 saturated heterocycles. The molecule has 90 valence electrons. The van der Waals surface area contributed by atoms with Crippen LogP contribution in [0.5, 0.6) is 0 Å². The molecule has 4 heteroatoms. The highest BCUT2D eigenvalue weighted by Crippen LogP contribution is 2.15. The minimum absolute atomic E-state index is 0.236. The fourth-order valence-electron chi connectivity index (χ4n) is 1.41. The maximum absolute atomic E-state index is 11.7. The van der Waals surface area contributed by atoms with E-state index in [9.17, 15) is 8.42 Å². The van der Waals surface area contributed by atoms with E-state index in [4.69, 9.17) is 4.18 Å². The predicted octanol–water partition coefficient (Wildman–Crippen LogP) is 2.75. The maximum Gasteiger partial charge on any atom is 0.296 e. The van der Waals surface area contributed by atoms with Crippen LogP contribution in [0.2, 0.25) is 0 Å². The summed E-state index contributed by atoms with van der Waals surface area (Å²) < 4.78 is 28.3. The molecule has 0 N–H and O–H groups in total. The molecule has 0 aliphatic heterocycles. The Labute approximate surface area is 97.6 Å². The molecule has 1 aromatic rings. The van der Waals surface area contributed by atoms with E-state index in [-0.39, 0.29) is 11.5 Å². The van der Waals surface area contributed by atoms with Gasteiger partial charge in [-0.1, -0.05) is 32.4 Å². The zero-order valence-electron chi connectivity index (χ0n) is 9.77. The lowest BCUT2D eigenvalue weighted by Crippen LogP contribution is -2.07. The Morgan fingerprint density at radius 1 is 1.19 bits per heavy atom. The number of aryl methyl sites for hydroxylation is 1. The van der Waals surface area contributed by atoms with Crippen molar-refractivity contribution in [2.45, 2.75) is 38.0 Å². The Morgan fingerprint density at radius 2 is 1.94 bits per heavy atom. The number of benzene rings is 1. The van der Waals surface area contributed by atoms with E-state index in [0.717, 1.165) is 18.4 Å². The fraction of sp³-hybridized carbons (Fsp3) is 0.500. The van der Waals surface area contributed by atoms with Crippen LogP contribution in [-0.2, 0) is 20.7 Å². The van der Waals surface area contributed by atoms with Gasteiger partial charge in [-0.3, -0.25) is 4.18 Å². The lowest BCUT2D eigenvalue weighted by Gasteiger charge is -2.06. The Hall–Kier alpha value is -0.870. The van der Waals surface area contributed by atoms with Crippen molar-refractivity contribution in [3.05, 3.63) is 29.8 Å². The molecule has 0 amide bonds. The van der Waals surface area contributed by atoms with Crippen LogP contribution in [0.4, 0.5) is 0 Å². The van der Waals surface area contributed by atoms with E-state index in [1.165, 1.54) is 0 Å². The highest BCUT2D eigenvalue weighted by atomic mass is 32.2. The van der Waals surface area contributed by atoms with Crippen LogP contribution in [0.15, 0.2) is 29.2 Å². The van der Waals surface area contributed by atoms with Crippen LogP contribution in [0.3, 0.4) is 0 Å². The van der Waals surface area contributed by atoms with Crippen LogP contribution in [0.1, 0.15) is 32.3 Å². The van der Waals surface area contributed by atoms with Gasteiger partial charge in [-0.2, -0.15) is 8.42 Å². The molecule has 1 rings (SSSR count). The van der Waals surface area contributed by atoms with Crippen LogP contribution < -0.4 is 0 Å². The van der Waals surface area contributed by atoms with Gasteiger partial charge < -0.3 is 0 Å². The largest absolute Gasteiger partial charge is 0.296 e. The van der Waals surface area contributed by atoms with E-state index in [1.807, 2.05) is 13.0 Å². The Kier molecular flexibility index (Phi) is 4.96. The van der Waals surface area contributed by atoms with Gasteiger partial charge in [0.2, 0.25) is 0 Å². The summed E-state index contributed by atoms with van der Waals surface area (Å²) in [5.74, 6) is 0. The summed E-state index contributed by atoms with van der Waals surface area (Å²) in [5, 5.41) is 0. The molecule has 0 saturated carbocycles. The van der Waals surface area contributed by atoms with Gasteiger partial charge in [-0.05, 0) is 30.5 Å². The van der Waals surface area contributed by atoms with Crippen LogP contribution >= 0.6 is 0 Å². The zero-order valence-corrected chi connectivity index (χ0v) is 10.6. The van der Waals surface area contributed by atoms with Crippen molar-refractivity contribution in [1.82, 2.24) is 0 Å². The minimum atomic E-state index is -3.56. The average Bonchev–Trinajstić information content (AvgIpc) is 2.27. The summed E-state index contributed by atoms with van der Waals surface area (Å²) in [6.45, 7) is 4.18.